The maximum Gasteiger partial charge on any atom is 0.490 e. The number of fused-ring (bicyclic) bond motifs is 3. The van der Waals surface area contributed by atoms with Gasteiger partial charge in [0.25, 0.3) is 0 Å². The van der Waals surface area contributed by atoms with Crippen LogP contribution in [0.1, 0.15) is 37.8 Å². The van der Waals surface area contributed by atoms with Crippen LogP contribution in [-0.4, -0.2) is 38.9 Å². The third-order valence-corrected chi connectivity index (χ3v) is 5.87. The highest BCUT2D eigenvalue weighted by molar-refractivity contribution is 5.81. The summed E-state index contributed by atoms with van der Waals surface area (Å²) in [5.41, 5.74) is 0.558. The average Bonchev–Trinajstić information content (AvgIpc) is 3.24. The summed E-state index contributed by atoms with van der Waals surface area (Å²) in [6, 6.07) is 10.3. The molecule has 1 aromatic heterocycles. The smallest absolute Gasteiger partial charge is 0.481 e. The molecule has 2 aliphatic carbocycles. The van der Waals surface area contributed by atoms with Gasteiger partial charge in [-0.1, -0.05) is 24.3 Å². The van der Waals surface area contributed by atoms with E-state index in [1.807, 2.05) is 18.3 Å². The van der Waals surface area contributed by atoms with Gasteiger partial charge in [-0.15, -0.1) is 0 Å². The molecule has 0 unspecified atom stereocenters. The molecule has 29 heavy (non-hydrogen) atoms. The van der Waals surface area contributed by atoms with Gasteiger partial charge in [0.15, 0.2) is 0 Å². The van der Waals surface area contributed by atoms with Crippen LogP contribution in [0, 0.1) is 5.41 Å². The number of carboxylic acid groups (broad SMARTS) is 2. The van der Waals surface area contributed by atoms with E-state index in [0.717, 1.165) is 43.2 Å². The van der Waals surface area contributed by atoms with Gasteiger partial charge in [-0.25, -0.2) is 4.79 Å². The molecule has 3 N–H and O–H groups in total. The van der Waals surface area contributed by atoms with Gasteiger partial charge in [-0.2, -0.15) is 13.2 Å². The first kappa shape index (κ1) is 21.0. The maximum absolute atomic E-state index is 11.5. The molecule has 0 amide bonds. The minimum atomic E-state index is -5.08. The van der Waals surface area contributed by atoms with Crippen molar-refractivity contribution in [1.82, 2.24) is 10.3 Å². The molecule has 0 atom stereocenters. The number of alkyl halides is 3. The van der Waals surface area contributed by atoms with Gasteiger partial charge in [0, 0.05) is 23.7 Å². The number of carboxylic acids is 2. The van der Waals surface area contributed by atoms with E-state index in [1.54, 1.807) is 0 Å². The summed E-state index contributed by atoms with van der Waals surface area (Å²) in [5.74, 6) is -3.37. The first-order chi connectivity index (χ1) is 13.6. The molecule has 6 nitrogen and oxygen atoms in total. The summed E-state index contributed by atoms with van der Waals surface area (Å²) < 4.78 is 31.7. The largest absolute Gasteiger partial charge is 0.490 e. The Morgan fingerprint density at radius 2 is 1.66 bits per heavy atom. The molecule has 0 radical (unpaired) electrons. The Labute approximate surface area is 164 Å². The van der Waals surface area contributed by atoms with E-state index in [-0.39, 0.29) is 5.54 Å². The number of nitrogens with zero attached hydrogens (tertiary/aromatic N) is 1. The lowest BCUT2D eigenvalue weighted by Crippen LogP contribution is -2.40. The fraction of sp³-hybridized carbons (Fsp3) is 0.450. The summed E-state index contributed by atoms with van der Waals surface area (Å²) in [6.45, 7) is 0.709. The van der Waals surface area contributed by atoms with E-state index in [2.05, 4.69) is 28.5 Å². The summed E-state index contributed by atoms with van der Waals surface area (Å²) in [5, 5.41) is 22.6. The highest BCUT2D eigenvalue weighted by Gasteiger charge is 2.58. The van der Waals surface area contributed by atoms with Crippen LogP contribution in [0.4, 0.5) is 13.2 Å². The van der Waals surface area contributed by atoms with E-state index in [1.165, 1.54) is 5.39 Å². The summed E-state index contributed by atoms with van der Waals surface area (Å²) in [6.07, 6.45) is 1.14. The van der Waals surface area contributed by atoms with Crippen LogP contribution in [-0.2, 0) is 16.1 Å². The SMILES string of the molecule is O=C(O)C(F)(F)F.O=C(O)C12CCC(NCc3cc4ccccc4cn3)(CC1)C2. The highest BCUT2D eigenvalue weighted by atomic mass is 19.4. The molecule has 2 aliphatic rings. The molecule has 2 aromatic rings. The number of benzene rings is 1. The molecule has 2 bridgehead atoms. The van der Waals surface area contributed by atoms with E-state index in [0.29, 0.717) is 6.54 Å². The van der Waals surface area contributed by atoms with Gasteiger partial charge in [0.2, 0.25) is 0 Å². The lowest BCUT2D eigenvalue weighted by atomic mass is 9.84. The lowest BCUT2D eigenvalue weighted by Gasteiger charge is -2.28. The van der Waals surface area contributed by atoms with Crippen LogP contribution >= 0.6 is 0 Å². The molecule has 2 fully saturated rings. The van der Waals surface area contributed by atoms with Gasteiger partial charge in [0.1, 0.15) is 0 Å². The van der Waals surface area contributed by atoms with Crippen LogP contribution in [0.3, 0.4) is 0 Å². The fourth-order valence-electron chi connectivity index (χ4n) is 4.24. The third-order valence-electron chi connectivity index (χ3n) is 5.87. The van der Waals surface area contributed by atoms with Gasteiger partial charge in [-0.05, 0) is 43.6 Å². The molecule has 4 rings (SSSR count). The molecule has 0 spiro atoms. The predicted octanol–water partition coefficient (Wildman–Crippen LogP) is 3.75. The molecule has 0 saturated heterocycles. The minimum absolute atomic E-state index is 0.00567. The van der Waals surface area contributed by atoms with Crippen LogP contribution in [0.5, 0.6) is 0 Å². The summed E-state index contributed by atoms with van der Waals surface area (Å²) in [4.78, 5) is 24.9. The van der Waals surface area contributed by atoms with E-state index in [9.17, 15) is 23.1 Å². The number of aliphatic carboxylic acids is 2. The topological polar surface area (TPSA) is 99.5 Å². The predicted molar refractivity (Wildman–Crippen MR) is 98.2 cm³/mol. The molecule has 1 aromatic carbocycles. The fourth-order valence-corrected chi connectivity index (χ4v) is 4.24. The first-order valence-electron chi connectivity index (χ1n) is 9.18. The molecule has 156 valence electrons. The number of carbonyl (C=O) groups is 2. The van der Waals surface area contributed by atoms with Crippen LogP contribution in [0.15, 0.2) is 36.5 Å². The second-order valence-electron chi connectivity index (χ2n) is 7.72. The molecular formula is C20H21F3N2O4. The number of rotatable bonds is 4. The maximum atomic E-state index is 11.5. The Morgan fingerprint density at radius 3 is 2.17 bits per heavy atom. The summed E-state index contributed by atoms with van der Waals surface area (Å²) >= 11 is 0. The molecule has 1 heterocycles. The van der Waals surface area contributed by atoms with Crippen molar-refractivity contribution >= 4 is 22.7 Å². The third kappa shape index (κ3) is 4.50. The van der Waals surface area contributed by atoms with Gasteiger partial charge < -0.3 is 15.5 Å². The second kappa shape index (κ2) is 7.62. The molecule has 0 aliphatic heterocycles. The van der Waals surface area contributed by atoms with Crippen molar-refractivity contribution in [2.75, 3.05) is 0 Å². The number of nitrogens with one attached hydrogen (secondary N) is 1. The van der Waals surface area contributed by atoms with Crippen molar-refractivity contribution in [3.05, 3.63) is 42.2 Å². The zero-order chi connectivity index (χ0) is 21.3. The zero-order valence-electron chi connectivity index (χ0n) is 15.5. The Kier molecular flexibility index (Phi) is 5.53. The van der Waals surface area contributed by atoms with Gasteiger partial charge in [0.05, 0.1) is 11.1 Å². The lowest BCUT2D eigenvalue weighted by molar-refractivity contribution is -0.192. The van der Waals surface area contributed by atoms with Crippen molar-refractivity contribution < 1.29 is 33.0 Å². The minimum Gasteiger partial charge on any atom is -0.481 e. The standard InChI is InChI=1S/C18H20N2O2.C2HF3O2/c21-16(22)17-5-7-18(12-17,8-6-17)20-11-15-9-13-3-1-2-4-14(13)10-19-15;3-2(4,5)1(6)7/h1-4,9-10,20H,5-8,11-12H2,(H,21,22);(H,6,7). The Hall–Kier alpha value is -2.68. The van der Waals surface area contributed by atoms with Crippen molar-refractivity contribution in [3.8, 4) is 0 Å². The van der Waals surface area contributed by atoms with Crippen molar-refractivity contribution in [2.24, 2.45) is 5.41 Å². The second-order valence-corrected chi connectivity index (χ2v) is 7.72. The van der Waals surface area contributed by atoms with Crippen molar-refractivity contribution in [3.63, 3.8) is 0 Å². The Bertz CT molecular complexity index is 921. The van der Waals surface area contributed by atoms with Gasteiger partial charge in [-0.3, -0.25) is 9.78 Å². The van der Waals surface area contributed by atoms with Crippen molar-refractivity contribution in [2.45, 2.75) is 50.4 Å². The number of pyridine rings is 1. The number of aromatic nitrogens is 1. The molecule has 2 saturated carbocycles. The van der Waals surface area contributed by atoms with E-state index >= 15 is 0 Å². The molecule has 9 heteroatoms. The average molecular weight is 410 g/mol. The normalized spacial score (nSPS) is 25.5. The quantitative estimate of drug-likeness (QED) is 0.710. The molecular weight excluding hydrogens is 389 g/mol. The Morgan fingerprint density at radius 1 is 1.07 bits per heavy atom. The number of hydrogen-bond acceptors (Lipinski definition) is 4. The van der Waals surface area contributed by atoms with Crippen LogP contribution < -0.4 is 5.32 Å². The highest BCUT2D eigenvalue weighted by Crippen LogP contribution is 2.56. The Balaban J connectivity index is 0.000000298. The van der Waals surface area contributed by atoms with Crippen molar-refractivity contribution in [1.29, 1.82) is 0 Å². The number of halogens is 3. The first-order valence-corrected chi connectivity index (χ1v) is 9.18. The number of hydrogen-bond donors (Lipinski definition) is 3. The van der Waals surface area contributed by atoms with E-state index in [4.69, 9.17) is 9.90 Å². The van der Waals surface area contributed by atoms with Crippen LogP contribution in [0.25, 0.3) is 10.8 Å². The van der Waals surface area contributed by atoms with Crippen LogP contribution in [0.2, 0.25) is 0 Å². The zero-order valence-corrected chi connectivity index (χ0v) is 15.5. The monoisotopic (exact) mass is 410 g/mol. The summed E-state index contributed by atoms with van der Waals surface area (Å²) in [7, 11) is 0. The van der Waals surface area contributed by atoms with E-state index < -0.39 is 23.5 Å². The van der Waals surface area contributed by atoms with Gasteiger partial charge >= 0.3 is 18.1 Å².